The van der Waals surface area contributed by atoms with E-state index in [1.165, 1.54) is 0 Å². The number of carboxylic acid groups (broad SMARTS) is 1. The highest BCUT2D eigenvalue weighted by molar-refractivity contribution is 7.90. The van der Waals surface area contributed by atoms with Gasteiger partial charge in [0.05, 0.1) is 5.25 Å². The molecule has 0 saturated heterocycles. The molecule has 0 aromatic carbocycles. The predicted octanol–water partition coefficient (Wildman–Crippen LogP) is 0.958. The number of hydrogen-bond donors (Lipinski definition) is 2. The van der Waals surface area contributed by atoms with Crippen LogP contribution < -0.4 is 4.72 Å². The van der Waals surface area contributed by atoms with Gasteiger partial charge < -0.3 is 5.11 Å². The summed E-state index contributed by atoms with van der Waals surface area (Å²) >= 11 is 0. The molecule has 2 aliphatic carbocycles. The standard InChI is InChI=1S/C9H17NO2S.CH2O2/c1-7-2-3-8(6-7)10-13(11,12)9-4-5-9;2-1-3/h7-10H,2-6H2,1H3;1H,(H,2,3)/t7-,8+;/m1./s1. The van der Waals surface area contributed by atoms with Gasteiger partial charge in [-0.1, -0.05) is 6.92 Å². The smallest absolute Gasteiger partial charge is 0.290 e. The second-order valence-electron chi connectivity index (χ2n) is 4.58. The third-order valence-corrected chi connectivity index (χ3v) is 5.00. The summed E-state index contributed by atoms with van der Waals surface area (Å²) in [6.07, 6.45) is 4.92. The summed E-state index contributed by atoms with van der Waals surface area (Å²) in [5.41, 5.74) is 0. The average Bonchev–Trinajstić information content (AvgIpc) is 2.94. The molecule has 94 valence electrons. The van der Waals surface area contributed by atoms with Crippen LogP contribution in [0.25, 0.3) is 0 Å². The number of hydrogen-bond acceptors (Lipinski definition) is 3. The lowest BCUT2D eigenvalue weighted by Crippen LogP contribution is -2.35. The summed E-state index contributed by atoms with van der Waals surface area (Å²) < 4.78 is 25.9. The first-order valence-corrected chi connectivity index (χ1v) is 7.13. The van der Waals surface area contributed by atoms with E-state index in [1.54, 1.807) is 0 Å². The lowest BCUT2D eigenvalue weighted by molar-refractivity contribution is -0.122. The molecule has 2 rings (SSSR count). The van der Waals surface area contributed by atoms with Gasteiger partial charge in [0.15, 0.2) is 0 Å². The molecule has 2 saturated carbocycles. The van der Waals surface area contributed by atoms with E-state index in [1.807, 2.05) is 0 Å². The van der Waals surface area contributed by atoms with Gasteiger partial charge in [-0.2, -0.15) is 0 Å². The highest BCUT2D eigenvalue weighted by Gasteiger charge is 2.37. The van der Waals surface area contributed by atoms with E-state index in [9.17, 15) is 8.42 Å². The van der Waals surface area contributed by atoms with Gasteiger partial charge >= 0.3 is 0 Å². The molecule has 0 radical (unpaired) electrons. The van der Waals surface area contributed by atoms with Gasteiger partial charge in [-0.05, 0) is 38.0 Å². The number of sulfonamides is 1. The molecule has 2 atom stereocenters. The van der Waals surface area contributed by atoms with Crippen molar-refractivity contribution in [2.45, 2.75) is 50.3 Å². The summed E-state index contributed by atoms with van der Waals surface area (Å²) in [4.78, 5) is 8.36. The van der Waals surface area contributed by atoms with E-state index in [-0.39, 0.29) is 17.8 Å². The van der Waals surface area contributed by atoms with E-state index < -0.39 is 10.0 Å². The molecule has 0 amide bonds. The summed E-state index contributed by atoms with van der Waals surface area (Å²) in [7, 11) is -2.94. The predicted molar refractivity (Wildman–Crippen MR) is 60.6 cm³/mol. The van der Waals surface area contributed by atoms with Crippen molar-refractivity contribution in [3.05, 3.63) is 0 Å². The van der Waals surface area contributed by atoms with Crippen LogP contribution in [0.2, 0.25) is 0 Å². The third kappa shape index (κ3) is 4.09. The maximum atomic E-state index is 11.5. The van der Waals surface area contributed by atoms with Crippen molar-refractivity contribution in [2.24, 2.45) is 5.92 Å². The van der Waals surface area contributed by atoms with Crippen LogP contribution >= 0.6 is 0 Å². The minimum atomic E-state index is -2.94. The monoisotopic (exact) mass is 249 g/mol. The van der Waals surface area contributed by atoms with Crippen LogP contribution in [0.4, 0.5) is 0 Å². The number of nitrogens with one attached hydrogen (secondary N) is 1. The van der Waals surface area contributed by atoms with Crippen molar-refractivity contribution in [3.8, 4) is 0 Å². The van der Waals surface area contributed by atoms with E-state index >= 15 is 0 Å². The van der Waals surface area contributed by atoms with Gasteiger partial charge in [0, 0.05) is 6.04 Å². The highest BCUT2D eigenvalue weighted by atomic mass is 32.2. The Bertz CT molecular complexity index is 324. The largest absolute Gasteiger partial charge is 0.483 e. The van der Waals surface area contributed by atoms with E-state index in [2.05, 4.69) is 11.6 Å². The summed E-state index contributed by atoms with van der Waals surface area (Å²) in [5, 5.41) is 6.82. The molecule has 5 nitrogen and oxygen atoms in total. The molecular weight excluding hydrogens is 230 g/mol. The van der Waals surface area contributed by atoms with Crippen molar-refractivity contribution in [2.75, 3.05) is 0 Å². The molecule has 16 heavy (non-hydrogen) atoms. The quantitative estimate of drug-likeness (QED) is 0.730. The molecule has 0 unspecified atom stereocenters. The summed E-state index contributed by atoms with van der Waals surface area (Å²) in [6.45, 7) is 1.94. The molecule has 0 aliphatic heterocycles. The van der Waals surface area contributed by atoms with Crippen LogP contribution in [0.15, 0.2) is 0 Å². The van der Waals surface area contributed by atoms with Gasteiger partial charge in [-0.3, -0.25) is 4.79 Å². The van der Waals surface area contributed by atoms with E-state index in [4.69, 9.17) is 9.90 Å². The first-order chi connectivity index (χ1) is 7.49. The Morgan fingerprint density at radius 3 is 2.19 bits per heavy atom. The second-order valence-corrected chi connectivity index (χ2v) is 6.58. The topological polar surface area (TPSA) is 83.5 Å². The van der Waals surface area contributed by atoms with Crippen LogP contribution in [0.5, 0.6) is 0 Å². The van der Waals surface area contributed by atoms with E-state index in [0.717, 1.165) is 32.1 Å². The van der Waals surface area contributed by atoms with Crippen LogP contribution in [0.3, 0.4) is 0 Å². The Hall–Kier alpha value is -0.620. The minimum Gasteiger partial charge on any atom is -0.483 e. The molecule has 0 aromatic rings. The lowest BCUT2D eigenvalue weighted by atomic mass is 10.1. The summed E-state index contributed by atoms with van der Waals surface area (Å²) in [6, 6.07) is 0.223. The van der Waals surface area contributed by atoms with Crippen molar-refractivity contribution < 1.29 is 18.3 Å². The van der Waals surface area contributed by atoms with Crippen LogP contribution in [0.1, 0.15) is 39.0 Å². The molecule has 0 heterocycles. The Morgan fingerprint density at radius 2 is 1.81 bits per heavy atom. The van der Waals surface area contributed by atoms with Crippen LogP contribution in [-0.2, 0) is 14.8 Å². The molecular formula is C10H19NO4S. The van der Waals surface area contributed by atoms with Crippen LogP contribution in [0, 0.1) is 5.92 Å². The molecule has 0 bridgehead atoms. The summed E-state index contributed by atoms with van der Waals surface area (Å²) in [5.74, 6) is 0.687. The maximum Gasteiger partial charge on any atom is 0.290 e. The molecule has 0 aromatic heterocycles. The van der Waals surface area contributed by atoms with Gasteiger partial charge in [0.2, 0.25) is 10.0 Å². The fourth-order valence-corrected chi connectivity index (χ4v) is 3.65. The Morgan fingerprint density at radius 1 is 1.25 bits per heavy atom. The van der Waals surface area contributed by atoms with Crippen molar-refractivity contribution >= 4 is 16.5 Å². The van der Waals surface area contributed by atoms with Gasteiger partial charge in [-0.25, -0.2) is 13.1 Å². The first-order valence-electron chi connectivity index (χ1n) is 5.58. The Balaban J connectivity index is 0.000000386. The number of carbonyl (C=O) groups is 1. The second kappa shape index (κ2) is 5.63. The zero-order chi connectivity index (χ0) is 12.2. The molecule has 6 heteroatoms. The molecule has 2 N–H and O–H groups in total. The Labute approximate surface area is 96.3 Å². The first kappa shape index (κ1) is 13.4. The van der Waals surface area contributed by atoms with E-state index in [0.29, 0.717) is 5.92 Å². The third-order valence-electron chi connectivity index (χ3n) is 2.99. The molecule has 0 spiro atoms. The molecule has 2 aliphatic rings. The van der Waals surface area contributed by atoms with Gasteiger partial charge in [0.25, 0.3) is 6.47 Å². The van der Waals surface area contributed by atoms with Gasteiger partial charge in [-0.15, -0.1) is 0 Å². The van der Waals surface area contributed by atoms with Gasteiger partial charge in [0.1, 0.15) is 0 Å². The minimum absolute atomic E-state index is 0.0663. The fourth-order valence-electron chi connectivity index (χ4n) is 2.02. The maximum absolute atomic E-state index is 11.5. The Kier molecular flexibility index (Phi) is 4.73. The molecule has 2 fully saturated rings. The zero-order valence-electron chi connectivity index (χ0n) is 9.43. The van der Waals surface area contributed by atoms with Crippen molar-refractivity contribution in [3.63, 3.8) is 0 Å². The zero-order valence-corrected chi connectivity index (χ0v) is 10.2. The van der Waals surface area contributed by atoms with Crippen molar-refractivity contribution in [1.82, 2.24) is 4.72 Å². The number of rotatable bonds is 3. The normalized spacial score (nSPS) is 29.3. The fraction of sp³-hybridized carbons (Fsp3) is 0.900. The highest BCUT2D eigenvalue weighted by Crippen LogP contribution is 2.30. The SMILES string of the molecule is C[C@@H]1CC[C@H](NS(=O)(=O)C2CC2)C1.O=CO. The van der Waals surface area contributed by atoms with Crippen molar-refractivity contribution in [1.29, 1.82) is 0 Å². The van der Waals surface area contributed by atoms with Crippen LogP contribution in [-0.4, -0.2) is 31.3 Å². The lowest BCUT2D eigenvalue weighted by Gasteiger charge is -2.11. The average molecular weight is 249 g/mol.